The normalized spacial score (nSPS) is 10.5. The second-order valence-electron chi connectivity index (χ2n) is 5.88. The van der Waals surface area contributed by atoms with Gasteiger partial charge in [0, 0.05) is 21.8 Å². The molecular formula is C21H21N. The number of hydrogen-bond acceptors (Lipinski definition) is 0. The largest absolute Gasteiger partial charge is 0.355 e. The van der Waals surface area contributed by atoms with E-state index in [1.165, 1.54) is 38.5 Å². The molecule has 0 saturated heterocycles. The fourth-order valence-electron chi connectivity index (χ4n) is 3.00. The van der Waals surface area contributed by atoms with E-state index in [-0.39, 0.29) is 0 Å². The van der Waals surface area contributed by atoms with Gasteiger partial charge in [-0.2, -0.15) is 0 Å². The van der Waals surface area contributed by atoms with Crippen LogP contribution < -0.4 is 0 Å². The van der Waals surface area contributed by atoms with E-state index in [2.05, 4.69) is 92.5 Å². The van der Waals surface area contributed by atoms with Crippen molar-refractivity contribution in [3.8, 4) is 0 Å². The average molecular weight is 287 g/mol. The molecule has 4 aromatic rings. The monoisotopic (exact) mass is 287 g/mol. The van der Waals surface area contributed by atoms with Crippen molar-refractivity contribution in [2.24, 2.45) is 0 Å². The first-order valence-electron chi connectivity index (χ1n) is 7.64. The number of fused-ring (bicyclic) bond motifs is 3. The minimum atomic E-state index is 1.21. The van der Waals surface area contributed by atoms with Crippen molar-refractivity contribution in [1.29, 1.82) is 0 Å². The maximum Gasteiger partial charge on any atom is 0.0464 e. The molecule has 0 atom stereocenters. The Morgan fingerprint density at radius 1 is 0.545 bits per heavy atom. The first-order chi connectivity index (χ1) is 10.6. The predicted octanol–water partition coefficient (Wildman–Crippen LogP) is 5.93. The van der Waals surface area contributed by atoms with Gasteiger partial charge >= 0.3 is 0 Å². The van der Waals surface area contributed by atoms with Gasteiger partial charge in [-0.25, -0.2) is 0 Å². The van der Waals surface area contributed by atoms with Gasteiger partial charge in [0.05, 0.1) is 0 Å². The molecule has 0 unspecified atom stereocenters. The Kier molecular flexibility index (Phi) is 3.97. The van der Waals surface area contributed by atoms with Crippen LogP contribution in [0.25, 0.3) is 21.8 Å². The van der Waals surface area contributed by atoms with Gasteiger partial charge in [-0.05, 0) is 32.9 Å². The van der Waals surface area contributed by atoms with Crippen LogP contribution in [0.15, 0.2) is 66.7 Å². The molecule has 1 heteroatoms. The summed E-state index contributed by atoms with van der Waals surface area (Å²) in [4.78, 5) is 3.38. The molecule has 0 aliphatic heterocycles. The van der Waals surface area contributed by atoms with Crippen molar-refractivity contribution in [2.45, 2.75) is 20.8 Å². The minimum Gasteiger partial charge on any atom is -0.355 e. The molecule has 4 rings (SSSR count). The summed E-state index contributed by atoms with van der Waals surface area (Å²) < 4.78 is 0. The molecule has 0 aliphatic rings. The lowest BCUT2D eigenvalue weighted by molar-refractivity contribution is 1.32. The molecule has 1 aromatic heterocycles. The summed E-state index contributed by atoms with van der Waals surface area (Å²) in [6.07, 6.45) is 0. The van der Waals surface area contributed by atoms with Crippen LogP contribution in [0.4, 0.5) is 0 Å². The third kappa shape index (κ3) is 3.04. The molecule has 0 aliphatic carbocycles. The third-order valence-electron chi connectivity index (χ3n) is 3.78. The van der Waals surface area contributed by atoms with Gasteiger partial charge in [-0.15, -0.1) is 0 Å². The highest BCUT2D eigenvalue weighted by Crippen LogP contribution is 2.24. The number of para-hydroxylation sites is 2. The maximum absolute atomic E-state index is 3.38. The van der Waals surface area contributed by atoms with Crippen molar-refractivity contribution in [3.05, 3.63) is 83.4 Å². The maximum atomic E-state index is 3.38. The summed E-state index contributed by atoms with van der Waals surface area (Å²) in [5.41, 5.74) is 6.49. The molecule has 1 N–H and O–H groups in total. The smallest absolute Gasteiger partial charge is 0.0464 e. The fraction of sp³-hybridized carbons (Fsp3) is 0.143. The molecular weight excluding hydrogens is 266 g/mol. The van der Waals surface area contributed by atoms with Gasteiger partial charge in [0.1, 0.15) is 0 Å². The van der Waals surface area contributed by atoms with E-state index < -0.39 is 0 Å². The summed E-state index contributed by atoms with van der Waals surface area (Å²) in [5, 5.41) is 2.61. The third-order valence-corrected chi connectivity index (χ3v) is 3.78. The SMILES string of the molecule is Cc1cc(C)cc(C)c1.c1ccc2c(c1)[nH]c1ccccc12. The highest BCUT2D eigenvalue weighted by molar-refractivity contribution is 6.06. The zero-order chi connectivity index (χ0) is 15.5. The van der Waals surface area contributed by atoms with Crippen molar-refractivity contribution < 1.29 is 0 Å². The molecule has 0 bridgehead atoms. The predicted molar refractivity (Wildman–Crippen MR) is 96.5 cm³/mol. The molecule has 0 amide bonds. The number of benzene rings is 3. The van der Waals surface area contributed by atoms with Crippen LogP contribution in [-0.2, 0) is 0 Å². The Morgan fingerprint density at radius 2 is 0.909 bits per heavy atom. The van der Waals surface area contributed by atoms with Gasteiger partial charge in [0.15, 0.2) is 0 Å². The topological polar surface area (TPSA) is 15.8 Å². The van der Waals surface area contributed by atoms with E-state index >= 15 is 0 Å². The molecule has 0 saturated carbocycles. The quantitative estimate of drug-likeness (QED) is 0.412. The van der Waals surface area contributed by atoms with Gasteiger partial charge in [0.2, 0.25) is 0 Å². The lowest BCUT2D eigenvalue weighted by Gasteiger charge is -1.96. The Bertz CT molecular complexity index is 815. The number of hydrogen-bond donors (Lipinski definition) is 1. The number of nitrogens with one attached hydrogen (secondary N) is 1. The Balaban J connectivity index is 0.000000142. The minimum absolute atomic E-state index is 1.21. The number of aromatic amines is 1. The molecule has 0 radical (unpaired) electrons. The van der Waals surface area contributed by atoms with E-state index in [1.807, 2.05) is 0 Å². The molecule has 3 aromatic carbocycles. The zero-order valence-electron chi connectivity index (χ0n) is 13.4. The Hall–Kier alpha value is -2.54. The Labute approximate surface area is 131 Å². The van der Waals surface area contributed by atoms with Crippen molar-refractivity contribution in [2.75, 3.05) is 0 Å². The number of H-pyrrole nitrogens is 1. The molecule has 110 valence electrons. The summed E-state index contributed by atoms with van der Waals surface area (Å²) in [6.45, 7) is 6.38. The van der Waals surface area contributed by atoms with Crippen LogP contribution in [0, 0.1) is 20.8 Å². The lowest BCUT2D eigenvalue weighted by atomic mass is 10.1. The van der Waals surface area contributed by atoms with E-state index in [4.69, 9.17) is 0 Å². The number of aryl methyl sites for hydroxylation is 3. The molecule has 22 heavy (non-hydrogen) atoms. The standard InChI is InChI=1S/C12H9N.C9H12/c1-3-7-11-9(5-1)10-6-2-4-8-12(10)13-11;1-7-4-8(2)6-9(3)5-7/h1-8,13H;4-6H,1-3H3. The van der Waals surface area contributed by atoms with Crippen LogP contribution in [0.1, 0.15) is 16.7 Å². The second-order valence-corrected chi connectivity index (χ2v) is 5.88. The highest BCUT2D eigenvalue weighted by atomic mass is 14.7. The van der Waals surface area contributed by atoms with Crippen LogP contribution >= 0.6 is 0 Å². The molecule has 0 fully saturated rings. The Morgan fingerprint density at radius 3 is 1.32 bits per heavy atom. The second kappa shape index (κ2) is 6.07. The van der Waals surface area contributed by atoms with Crippen LogP contribution in [0.3, 0.4) is 0 Å². The van der Waals surface area contributed by atoms with Gasteiger partial charge in [-0.1, -0.05) is 71.3 Å². The first-order valence-corrected chi connectivity index (χ1v) is 7.64. The van der Waals surface area contributed by atoms with Crippen LogP contribution in [-0.4, -0.2) is 4.98 Å². The van der Waals surface area contributed by atoms with Crippen molar-refractivity contribution in [3.63, 3.8) is 0 Å². The average Bonchev–Trinajstić information content (AvgIpc) is 2.85. The summed E-state index contributed by atoms with van der Waals surface area (Å²) in [7, 11) is 0. The molecule has 1 nitrogen and oxygen atoms in total. The van der Waals surface area contributed by atoms with E-state index in [0.29, 0.717) is 0 Å². The first kappa shape index (κ1) is 14.4. The summed E-state index contributed by atoms with van der Waals surface area (Å²) in [5.74, 6) is 0. The fourth-order valence-corrected chi connectivity index (χ4v) is 3.00. The van der Waals surface area contributed by atoms with Crippen LogP contribution in [0.2, 0.25) is 0 Å². The van der Waals surface area contributed by atoms with Gasteiger partial charge in [0.25, 0.3) is 0 Å². The highest BCUT2D eigenvalue weighted by Gasteiger charge is 2.00. The molecule has 0 spiro atoms. The number of aromatic nitrogens is 1. The lowest BCUT2D eigenvalue weighted by Crippen LogP contribution is -1.78. The van der Waals surface area contributed by atoms with Gasteiger partial charge < -0.3 is 4.98 Å². The van der Waals surface area contributed by atoms with Crippen molar-refractivity contribution >= 4 is 21.8 Å². The number of rotatable bonds is 0. The summed E-state index contributed by atoms with van der Waals surface area (Å²) in [6, 6.07) is 23.3. The summed E-state index contributed by atoms with van der Waals surface area (Å²) >= 11 is 0. The van der Waals surface area contributed by atoms with E-state index in [0.717, 1.165) is 0 Å². The van der Waals surface area contributed by atoms with Crippen LogP contribution in [0.5, 0.6) is 0 Å². The zero-order valence-corrected chi connectivity index (χ0v) is 13.4. The van der Waals surface area contributed by atoms with Crippen molar-refractivity contribution in [1.82, 2.24) is 4.98 Å². The molecule has 1 heterocycles. The van der Waals surface area contributed by atoms with Gasteiger partial charge in [-0.3, -0.25) is 0 Å². The van der Waals surface area contributed by atoms with E-state index in [1.54, 1.807) is 0 Å². The van der Waals surface area contributed by atoms with E-state index in [9.17, 15) is 0 Å².